The average molecular weight is 441 g/mol. The van der Waals surface area contributed by atoms with Crippen molar-refractivity contribution in [3.05, 3.63) is 58.5 Å². The summed E-state index contributed by atoms with van der Waals surface area (Å²) in [5.41, 5.74) is 0.610. The second-order valence-corrected chi connectivity index (χ2v) is 8.06. The summed E-state index contributed by atoms with van der Waals surface area (Å²) in [6.07, 6.45) is 5.26. The van der Waals surface area contributed by atoms with E-state index in [4.69, 9.17) is 4.74 Å². The van der Waals surface area contributed by atoms with Gasteiger partial charge < -0.3 is 20.7 Å². The molecule has 1 aromatic carbocycles. The first kappa shape index (κ1) is 20.7. The molecule has 31 heavy (non-hydrogen) atoms. The first-order valence-electron chi connectivity index (χ1n) is 9.62. The van der Waals surface area contributed by atoms with Crippen LogP contribution < -0.4 is 20.7 Å². The Balaban J connectivity index is 1.48. The molecule has 1 aliphatic carbocycles. The number of benzene rings is 1. The standard InChI is InChI=1S/C21H20FN5O3S/c1-11-7-15(22)14(8-16(11)26-20(29)17-10-25-21(23-2)31-17)19(28)27-18-6-5-13(9-24-18)30-12-3-4-12/h5-10,12H,3-4H2,1-2H3,(H,23,25)(H,26,29)(H,24,27,28). The van der Waals surface area contributed by atoms with Crippen LogP contribution in [0.5, 0.6) is 5.75 Å². The predicted molar refractivity (Wildman–Crippen MR) is 117 cm³/mol. The van der Waals surface area contributed by atoms with E-state index in [9.17, 15) is 14.0 Å². The number of rotatable bonds is 7. The fraction of sp³-hybridized carbons (Fsp3) is 0.238. The van der Waals surface area contributed by atoms with Crippen molar-refractivity contribution in [3.8, 4) is 5.75 Å². The van der Waals surface area contributed by atoms with Gasteiger partial charge in [-0.1, -0.05) is 11.3 Å². The van der Waals surface area contributed by atoms with Crippen molar-refractivity contribution in [1.29, 1.82) is 0 Å². The molecule has 160 valence electrons. The van der Waals surface area contributed by atoms with Gasteiger partial charge >= 0.3 is 0 Å². The minimum atomic E-state index is -0.697. The van der Waals surface area contributed by atoms with Crippen LogP contribution in [0, 0.1) is 12.7 Å². The second-order valence-electron chi connectivity index (χ2n) is 7.03. The number of hydrogen-bond acceptors (Lipinski definition) is 7. The van der Waals surface area contributed by atoms with Crippen LogP contribution in [0.3, 0.4) is 0 Å². The molecule has 4 rings (SSSR count). The molecule has 8 nitrogen and oxygen atoms in total. The van der Waals surface area contributed by atoms with Crippen LogP contribution in [0.2, 0.25) is 0 Å². The van der Waals surface area contributed by atoms with Crippen molar-refractivity contribution in [2.45, 2.75) is 25.9 Å². The van der Waals surface area contributed by atoms with E-state index in [-0.39, 0.29) is 17.5 Å². The highest BCUT2D eigenvalue weighted by atomic mass is 32.1. The van der Waals surface area contributed by atoms with Crippen LogP contribution in [-0.2, 0) is 0 Å². The number of halogens is 1. The Hall–Kier alpha value is -3.53. The van der Waals surface area contributed by atoms with E-state index < -0.39 is 17.6 Å². The number of nitrogens with zero attached hydrogens (tertiary/aromatic N) is 2. The number of carbonyl (C=O) groups is 2. The van der Waals surface area contributed by atoms with Crippen LogP contribution in [-0.4, -0.2) is 34.9 Å². The molecule has 3 N–H and O–H groups in total. The van der Waals surface area contributed by atoms with Crippen LogP contribution in [0.1, 0.15) is 38.4 Å². The number of hydrogen-bond donors (Lipinski definition) is 3. The summed E-state index contributed by atoms with van der Waals surface area (Å²) in [4.78, 5) is 33.7. The third kappa shape index (κ3) is 4.97. The molecule has 0 atom stereocenters. The third-order valence-electron chi connectivity index (χ3n) is 4.56. The van der Waals surface area contributed by atoms with E-state index in [1.54, 1.807) is 26.1 Å². The van der Waals surface area contributed by atoms with Crippen molar-refractivity contribution in [2.75, 3.05) is 23.0 Å². The number of anilines is 3. The summed E-state index contributed by atoms with van der Waals surface area (Å²) in [7, 11) is 1.71. The third-order valence-corrected chi connectivity index (χ3v) is 5.57. The quantitative estimate of drug-likeness (QED) is 0.510. The summed E-state index contributed by atoms with van der Waals surface area (Å²) in [5, 5.41) is 8.73. The molecule has 0 saturated heterocycles. The molecule has 2 heterocycles. The monoisotopic (exact) mass is 441 g/mol. The molecule has 0 unspecified atom stereocenters. The zero-order valence-electron chi connectivity index (χ0n) is 16.9. The number of pyridine rings is 1. The lowest BCUT2D eigenvalue weighted by molar-refractivity contribution is 0.101. The Bertz CT molecular complexity index is 1130. The van der Waals surface area contributed by atoms with Crippen LogP contribution in [0.4, 0.5) is 21.0 Å². The van der Waals surface area contributed by atoms with E-state index in [0.717, 1.165) is 12.8 Å². The molecule has 1 fully saturated rings. The lowest BCUT2D eigenvalue weighted by Crippen LogP contribution is -2.17. The van der Waals surface area contributed by atoms with E-state index in [1.807, 2.05) is 0 Å². The topological polar surface area (TPSA) is 105 Å². The van der Waals surface area contributed by atoms with Gasteiger partial charge in [-0.3, -0.25) is 9.59 Å². The van der Waals surface area contributed by atoms with Crippen molar-refractivity contribution < 1.29 is 18.7 Å². The molecule has 0 spiro atoms. The first-order chi connectivity index (χ1) is 14.9. The second kappa shape index (κ2) is 8.68. The minimum absolute atomic E-state index is 0.207. The summed E-state index contributed by atoms with van der Waals surface area (Å²) >= 11 is 1.18. The Morgan fingerprint density at radius 1 is 1.13 bits per heavy atom. The molecule has 1 aliphatic rings. The molecular weight excluding hydrogens is 421 g/mol. The average Bonchev–Trinajstić information content (AvgIpc) is 3.43. The van der Waals surface area contributed by atoms with E-state index in [2.05, 4.69) is 25.9 Å². The number of ether oxygens (including phenoxy) is 1. The van der Waals surface area contributed by atoms with Crippen LogP contribution in [0.25, 0.3) is 0 Å². The SMILES string of the molecule is CNc1ncc(C(=O)Nc2cc(C(=O)Nc3ccc(OC4CC4)cn3)c(F)cc2C)s1. The van der Waals surface area contributed by atoms with E-state index >= 15 is 0 Å². The van der Waals surface area contributed by atoms with Gasteiger partial charge in [-0.25, -0.2) is 14.4 Å². The zero-order valence-corrected chi connectivity index (χ0v) is 17.7. The minimum Gasteiger partial charge on any atom is -0.489 e. The molecule has 0 radical (unpaired) electrons. The number of amides is 2. The smallest absolute Gasteiger partial charge is 0.267 e. The highest BCUT2D eigenvalue weighted by molar-refractivity contribution is 7.17. The van der Waals surface area contributed by atoms with Gasteiger partial charge in [0.15, 0.2) is 5.13 Å². The Morgan fingerprint density at radius 3 is 2.58 bits per heavy atom. The summed E-state index contributed by atoms with van der Waals surface area (Å²) in [6, 6.07) is 5.80. The van der Waals surface area contributed by atoms with Crippen molar-refractivity contribution in [2.24, 2.45) is 0 Å². The van der Waals surface area contributed by atoms with E-state index in [0.29, 0.717) is 27.0 Å². The fourth-order valence-electron chi connectivity index (χ4n) is 2.75. The molecule has 3 aromatic rings. The maximum atomic E-state index is 14.5. The lowest BCUT2D eigenvalue weighted by Gasteiger charge is -2.12. The maximum Gasteiger partial charge on any atom is 0.267 e. The van der Waals surface area contributed by atoms with Crippen LogP contribution >= 0.6 is 11.3 Å². The number of aromatic nitrogens is 2. The van der Waals surface area contributed by atoms with Gasteiger partial charge in [0.2, 0.25) is 0 Å². The highest BCUT2D eigenvalue weighted by Gasteiger charge is 2.23. The molecule has 0 aliphatic heterocycles. The van der Waals surface area contributed by atoms with E-state index in [1.165, 1.54) is 35.9 Å². The Morgan fingerprint density at radius 2 is 1.94 bits per heavy atom. The zero-order chi connectivity index (χ0) is 22.0. The molecule has 1 saturated carbocycles. The predicted octanol–water partition coefficient (Wildman–Crippen LogP) is 4.07. The highest BCUT2D eigenvalue weighted by Crippen LogP contribution is 2.27. The number of carbonyl (C=O) groups excluding carboxylic acids is 2. The Kier molecular flexibility index (Phi) is 5.81. The van der Waals surface area contributed by atoms with Gasteiger partial charge in [0.1, 0.15) is 22.3 Å². The Labute approximate surface area is 181 Å². The van der Waals surface area contributed by atoms with Gasteiger partial charge in [0.25, 0.3) is 11.8 Å². The van der Waals surface area contributed by atoms with Gasteiger partial charge in [-0.15, -0.1) is 0 Å². The first-order valence-corrected chi connectivity index (χ1v) is 10.4. The van der Waals surface area contributed by atoms with Crippen LogP contribution in [0.15, 0.2) is 36.7 Å². The summed E-state index contributed by atoms with van der Waals surface area (Å²) in [5.74, 6) is -0.879. The van der Waals surface area contributed by atoms with Crippen molar-refractivity contribution >= 4 is 39.8 Å². The summed E-state index contributed by atoms with van der Waals surface area (Å²) in [6.45, 7) is 1.65. The molecule has 2 aromatic heterocycles. The maximum absolute atomic E-state index is 14.5. The fourth-order valence-corrected chi connectivity index (χ4v) is 3.41. The number of aryl methyl sites for hydroxylation is 1. The molecule has 10 heteroatoms. The van der Waals surface area contributed by atoms with Gasteiger partial charge in [0.05, 0.1) is 24.1 Å². The normalized spacial score (nSPS) is 12.9. The number of nitrogens with one attached hydrogen (secondary N) is 3. The largest absolute Gasteiger partial charge is 0.489 e. The van der Waals surface area contributed by atoms with Gasteiger partial charge in [-0.05, 0) is 49.6 Å². The van der Waals surface area contributed by atoms with Gasteiger partial charge in [0, 0.05) is 12.7 Å². The summed E-state index contributed by atoms with van der Waals surface area (Å²) < 4.78 is 20.1. The van der Waals surface area contributed by atoms with Crippen molar-refractivity contribution in [3.63, 3.8) is 0 Å². The lowest BCUT2D eigenvalue weighted by atomic mass is 10.1. The molecular formula is C21H20FN5O3S. The number of thiazole rings is 1. The molecule has 2 amide bonds. The van der Waals surface area contributed by atoms with Gasteiger partial charge in [-0.2, -0.15) is 0 Å². The molecule has 0 bridgehead atoms. The van der Waals surface area contributed by atoms with Crippen molar-refractivity contribution in [1.82, 2.24) is 9.97 Å².